The second-order valence-electron chi connectivity index (χ2n) is 23.5. The number of ether oxygens (including phenoxy) is 3. The first kappa shape index (κ1) is 54.7. The maximum atomic E-state index is 11.4. The number of nitrogens with two attached hydrogens (primary N) is 1. The van der Waals surface area contributed by atoms with Crippen molar-refractivity contribution < 1.29 is 19.0 Å². The Balaban J connectivity index is 0.000000115. The zero-order valence-corrected chi connectivity index (χ0v) is 49.2. The molecule has 15 rings (SSSR count). The number of carbonyl (C=O) groups is 1. The number of amides is 2. The van der Waals surface area contributed by atoms with Crippen LogP contribution >= 0.6 is 34.0 Å². The molecule has 3 aliphatic carbocycles. The number of pyridine rings is 1. The van der Waals surface area contributed by atoms with E-state index in [1.807, 2.05) is 29.8 Å². The lowest BCUT2D eigenvalue weighted by atomic mass is 9.86. The molecule has 7 aromatic rings. The predicted molar refractivity (Wildman–Crippen MR) is 326 cm³/mol. The molecular formula is C64H78N10O4S3. The van der Waals surface area contributed by atoms with Gasteiger partial charge in [-0.25, -0.2) is 19.7 Å². The Morgan fingerprint density at radius 1 is 0.506 bits per heavy atom. The molecule has 17 heteroatoms. The third kappa shape index (κ3) is 13.3. The van der Waals surface area contributed by atoms with Crippen molar-refractivity contribution >= 4 is 50.3 Å². The molecule has 3 N–H and O–H groups in total. The smallest absolute Gasteiger partial charge is 0.315 e. The Labute approximate surface area is 489 Å². The first-order valence-corrected chi connectivity index (χ1v) is 32.8. The number of urea groups is 1. The van der Waals surface area contributed by atoms with Gasteiger partial charge >= 0.3 is 6.03 Å². The number of rotatable bonds is 12. The van der Waals surface area contributed by atoms with Crippen molar-refractivity contribution in [3.05, 3.63) is 112 Å². The molecule has 3 aromatic carbocycles. The van der Waals surface area contributed by atoms with E-state index in [1.165, 1.54) is 148 Å². The lowest BCUT2D eigenvalue weighted by molar-refractivity contribution is 0.00878. The minimum absolute atomic E-state index is 0.347. The summed E-state index contributed by atoms with van der Waals surface area (Å²) >= 11 is 5.26. The molecule has 14 nitrogen and oxygen atoms in total. The molecule has 4 aromatic heterocycles. The summed E-state index contributed by atoms with van der Waals surface area (Å²) < 4.78 is 19.7. The number of primary amides is 1. The van der Waals surface area contributed by atoms with Crippen LogP contribution in [-0.2, 0) is 25.9 Å². The van der Waals surface area contributed by atoms with Crippen LogP contribution in [0.5, 0.6) is 17.2 Å². The standard InChI is InChI=1S/C22H28N4O2S.C21H27N3OS.C21H23N3OS/c23-22(27)26-11-8-20-19(14-26)24-21(29-20)15-4-6-17(7-5-15)28-18-12-16(13-18)25-9-2-1-3-10-25;2*1-2-10-24(11-3-1)16-12-18(13-16)25-17-6-4-15(5-7-17)21-23-19-14-22-9-8-20(19)26-21/h4-7,16,18H,1-3,8-14H2,(H2,23,27);4-7,16,18,22H,1-3,8-14H2;4-9,14,16,18H,1-3,10-13H2. The van der Waals surface area contributed by atoms with E-state index >= 15 is 0 Å². The number of nitrogens with one attached hydrogen (secondary N) is 1. The Bertz CT molecular complexity index is 3110. The Kier molecular flexibility index (Phi) is 17.2. The second-order valence-corrected chi connectivity index (χ2v) is 26.7. The molecule has 0 bridgehead atoms. The molecule has 0 unspecified atom stereocenters. The van der Waals surface area contributed by atoms with E-state index in [2.05, 4.69) is 103 Å². The summed E-state index contributed by atoms with van der Waals surface area (Å²) in [5, 5.41) is 6.57. The van der Waals surface area contributed by atoms with Crippen LogP contribution in [0.15, 0.2) is 91.3 Å². The van der Waals surface area contributed by atoms with Crippen molar-refractivity contribution in [3.8, 4) is 49.0 Å². The average molecular weight is 1150 g/mol. The van der Waals surface area contributed by atoms with Gasteiger partial charge in [-0.05, 0) is 163 Å². The number of carbonyl (C=O) groups excluding carboxylic acids is 1. The predicted octanol–water partition coefficient (Wildman–Crippen LogP) is 12.2. The third-order valence-corrected chi connectivity index (χ3v) is 21.5. The van der Waals surface area contributed by atoms with Gasteiger partial charge in [0.05, 0.1) is 28.8 Å². The van der Waals surface area contributed by atoms with Crippen molar-refractivity contribution in [2.45, 2.75) is 159 Å². The summed E-state index contributed by atoms with van der Waals surface area (Å²) in [5.74, 6) is 2.91. The largest absolute Gasteiger partial charge is 0.490 e. The van der Waals surface area contributed by atoms with Crippen LogP contribution < -0.4 is 25.3 Å². The van der Waals surface area contributed by atoms with Gasteiger partial charge < -0.3 is 44.9 Å². The van der Waals surface area contributed by atoms with Crippen molar-refractivity contribution in [2.75, 3.05) is 52.4 Å². The monoisotopic (exact) mass is 1150 g/mol. The fourth-order valence-corrected chi connectivity index (χ4v) is 16.0. The highest BCUT2D eigenvalue weighted by Crippen LogP contribution is 2.38. The molecule has 3 saturated heterocycles. The molecule has 8 aliphatic rings. The number of benzene rings is 3. The van der Waals surface area contributed by atoms with E-state index in [0.29, 0.717) is 31.4 Å². The van der Waals surface area contributed by atoms with Crippen LogP contribution in [0.1, 0.15) is 117 Å². The lowest BCUT2D eigenvalue weighted by Crippen LogP contribution is -2.50. The number of aromatic nitrogens is 4. The maximum Gasteiger partial charge on any atom is 0.315 e. The summed E-state index contributed by atoms with van der Waals surface area (Å²) in [6, 6.07) is 29.1. The van der Waals surface area contributed by atoms with Gasteiger partial charge in [0, 0.05) is 115 Å². The average Bonchev–Trinajstić information content (AvgIpc) is 4.25. The van der Waals surface area contributed by atoms with Crippen molar-refractivity contribution in [3.63, 3.8) is 0 Å². The van der Waals surface area contributed by atoms with Crippen molar-refractivity contribution in [2.24, 2.45) is 5.73 Å². The van der Waals surface area contributed by atoms with Gasteiger partial charge in [-0.2, -0.15) is 0 Å². The fourth-order valence-electron chi connectivity index (χ4n) is 12.9. The second kappa shape index (κ2) is 25.5. The highest BCUT2D eigenvalue weighted by molar-refractivity contribution is 7.21. The summed E-state index contributed by atoms with van der Waals surface area (Å²) in [6.07, 6.45) is 26.1. The number of hydrogen-bond acceptors (Lipinski definition) is 15. The maximum absolute atomic E-state index is 11.4. The zero-order valence-electron chi connectivity index (χ0n) is 46.7. The molecule has 81 heavy (non-hydrogen) atoms. The number of thiazole rings is 3. The van der Waals surface area contributed by atoms with Crippen LogP contribution in [-0.4, -0.2) is 134 Å². The van der Waals surface area contributed by atoms with Gasteiger partial charge in [-0.1, -0.05) is 19.3 Å². The Hall–Kier alpha value is -5.53. The first-order valence-electron chi connectivity index (χ1n) is 30.3. The van der Waals surface area contributed by atoms with Gasteiger partial charge in [0.25, 0.3) is 0 Å². The number of piperidine rings is 3. The summed E-state index contributed by atoms with van der Waals surface area (Å²) in [4.78, 5) is 42.1. The Morgan fingerprint density at radius 3 is 1.37 bits per heavy atom. The van der Waals surface area contributed by atoms with E-state index in [9.17, 15) is 4.79 Å². The highest BCUT2D eigenvalue weighted by Gasteiger charge is 2.38. The molecule has 0 spiro atoms. The molecular weight excluding hydrogens is 1070 g/mol. The van der Waals surface area contributed by atoms with Crippen molar-refractivity contribution in [1.29, 1.82) is 0 Å². The SMILES string of the molecule is NC(=O)N1CCc2sc(-c3ccc(OC4CC(N5CCCCC5)C4)cc3)nc2C1.c1cc(-c2nc3c(s2)CCNC3)ccc1OC1CC(N2CCCCC2)C1.c1cc2sc(-c3ccc(OC4CC(N5CCCCC5)C4)cc3)nc2cn1. The molecule has 0 atom stereocenters. The van der Waals surface area contributed by atoms with Crippen LogP contribution in [0, 0.1) is 0 Å². The normalized spacial score (nSPS) is 24.8. The van der Waals surface area contributed by atoms with Crippen molar-refractivity contribution in [1.82, 2.24) is 44.9 Å². The minimum atomic E-state index is -0.370. The number of nitrogens with zero attached hydrogens (tertiary/aromatic N) is 8. The van der Waals surface area contributed by atoms with Gasteiger partial charge in [0.1, 0.15) is 56.1 Å². The molecule has 3 saturated carbocycles. The van der Waals surface area contributed by atoms with E-state index < -0.39 is 0 Å². The summed E-state index contributed by atoms with van der Waals surface area (Å²) in [7, 11) is 0. The molecule has 5 aliphatic heterocycles. The van der Waals surface area contributed by atoms with E-state index in [-0.39, 0.29) is 6.03 Å². The van der Waals surface area contributed by atoms with Gasteiger partial charge in [0.2, 0.25) is 0 Å². The number of likely N-dealkylation sites (tertiary alicyclic amines) is 3. The van der Waals surface area contributed by atoms with Crippen LogP contribution in [0.4, 0.5) is 4.79 Å². The zero-order chi connectivity index (χ0) is 54.5. The number of hydrogen-bond donors (Lipinski definition) is 2. The number of fused-ring (bicyclic) bond motifs is 3. The van der Waals surface area contributed by atoms with Gasteiger partial charge in [0.15, 0.2) is 0 Å². The van der Waals surface area contributed by atoms with Crippen LogP contribution in [0.3, 0.4) is 0 Å². The quantitative estimate of drug-likeness (QED) is 0.120. The Morgan fingerprint density at radius 2 is 0.938 bits per heavy atom. The molecule has 426 valence electrons. The third-order valence-electron chi connectivity index (χ3n) is 18.0. The first-order chi connectivity index (χ1) is 39.8. The highest BCUT2D eigenvalue weighted by atomic mass is 32.1. The molecule has 0 radical (unpaired) electrons. The topological polar surface area (TPSA) is 147 Å². The molecule has 2 amide bonds. The molecule has 9 heterocycles. The lowest BCUT2D eigenvalue weighted by Gasteiger charge is -2.44. The fraction of sp³-hybridized carbons (Fsp3) is 0.516. The van der Waals surface area contributed by atoms with E-state index in [1.54, 1.807) is 27.6 Å². The van der Waals surface area contributed by atoms with Crippen LogP contribution in [0.25, 0.3) is 41.9 Å². The van der Waals surface area contributed by atoms with Gasteiger partial charge in [-0.15, -0.1) is 34.0 Å². The van der Waals surface area contributed by atoms with E-state index in [0.717, 1.165) is 112 Å². The molecule has 6 fully saturated rings. The van der Waals surface area contributed by atoms with Gasteiger partial charge in [-0.3, -0.25) is 4.98 Å². The van der Waals surface area contributed by atoms with E-state index in [4.69, 9.17) is 29.9 Å². The van der Waals surface area contributed by atoms with Crippen LogP contribution in [0.2, 0.25) is 0 Å². The summed E-state index contributed by atoms with van der Waals surface area (Å²) in [6.45, 7) is 10.8. The summed E-state index contributed by atoms with van der Waals surface area (Å²) in [5.41, 5.74) is 12.0. The minimum Gasteiger partial charge on any atom is -0.490 e.